The van der Waals surface area contributed by atoms with Crippen molar-refractivity contribution in [2.75, 3.05) is 30.4 Å². The molecule has 1 fully saturated rings. The van der Waals surface area contributed by atoms with Crippen molar-refractivity contribution in [1.29, 1.82) is 0 Å². The van der Waals surface area contributed by atoms with Gasteiger partial charge in [0.1, 0.15) is 12.4 Å². The molecule has 1 amide bonds. The average Bonchev–Trinajstić information content (AvgIpc) is 3.15. The van der Waals surface area contributed by atoms with E-state index in [-0.39, 0.29) is 18.6 Å². The number of nitrogens with one attached hydrogen (secondary N) is 2. The molecule has 3 rings (SSSR count). The average molecular weight is 395 g/mol. The Morgan fingerprint density at radius 1 is 1.19 bits per heavy atom. The molecular weight excluding hydrogens is 375 g/mol. The number of rotatable bonds is 7. The van der Waals surface area contributed by atoms with Gasteiger partial charge in [-0.1, -0.05) is 23.2 Å². The van der Waals surface area contributed by atoms with Crippen molar-refractivity contribution in [2.24, 2.45) is 0 Å². The van der Waals surface area contributed by atoms with Crippen LogP contribution in [0.25, 0.3) is 0 Å². The molecule has 2 N–H and O–H groups in total. The van der Waals surface area contributed by atoms with E-state index in [1.807, 2.05) is 12.1 Å². The molecule has 0 bridgehead atoms. The van der Waals surface area contributed by atoms with Gasteiger partial charge in [-0.3, -0.25) is 4.79 Å². The molecule has 0 saturated carbocycles. The summed E-state index contributed by atoms with van der Waals surface area (Å²) in [5.74, 6) is 0.566. The molecule has 0 aliphatic carbocycles. The predicted octanol–water partition coefficient (Wildman–Crippen LogP) is 4.60. The van der Waals surface area contributed by atoms with E-state index in [9.17, 15) is 4.79 Å². The first-order chi connectivity index (χ1) is 12.6. The van der Waals surface area contributed by atoms with Crippen LogP contribution >= 0.6 is 23.2 Å². The Hall–Kier alpha value is -1.95. The number of hydrogen-bond donors (Lipinski definition) is 2. The van der Waals surface area contributed by atoms with Crippen LogP contribution in [-0.4, -0.2) is 31.8 Å². The second-order valence-corrected chi connectivity index (χ2v) is 6.84. The number of carbonyl (C=O) groups excluding carboxylic acids is 1. The van der Waals surface area contributed by atoms with E-state index in [4.69, 9.17) is 32.7 Å². The molecule has 0 aromatic heterocycles. The minimum atomic E-state index is -0.186. The first-order valence-corrected chi connectivity index (χ1v) is 9.19. The summed E-state index contributed by atoms with van der Waals surface area (Å²) < 4.78 is 11.2. The normalized spacial score (nSPS) is 16.3. The molecule has 7 heteroatoms. The van der Waals surface area contributed by atoms with Crippen molar-refractivity contribution < 1.29 is 14.3 Å². The molecule has 2 aromatic carbocycles. The zero-order valence-electron chi connectivity index (χ0n) is 14.1. The third kappa shape index (κ3) is 5.53. The quantitative estimate of drug-likeness (QED) is 0.719. The number of amides is 1. The van der Waals surface area contributed by atoms with Crippen LogP contribution in [0.1, 0.15) is 12.8 Å². The zero-order valence-corrected chi connectivity index (χ0v) is 15.6. The Morgan fingerprint density at radius 3 is 2.73 bits per heavy atom. The van der Waals surface area contributed by atoms with Crippen molar-refractivity contribution in [3.63, 3.8) is 0 Å². The Morgan fingerprint density at radius 2 is 2.00 bits per heavy atom. The van der Waals surface area contributed by atoms with Crippen molar-refractivity contribution in [3.05, 3.63) is 52.5 Å². The number of ether oxygens (including phenoxy) is 2. The van der Waals surface area contributed by atoms with Crippen molar-refractivity contribution >= 4 is 40.5 Å². The molecular formula is C19H20Cl2N2O3. The molecule has 0 radical (unpaired) electrons. The van der Waals surface area contributed by atoms with E-state index < -0.39 is 0 Å². The number of anilines is 2. The lowest BCUT2D eigenvalue weighted by Gasteiger charge is -2.12. The van der Waals surface area contributed by atoms with Gasteiger partial charge in [-0.05, 0) is 55.3 Å². The fourth-order valence-corrected chi connectivity index (χ4v) is 2.97. The Kier molecular flexibility index (Phi) is 6.61. The molecule has 0 spiro atoms. The molecule has 1 aliphatic heterocycles. The number of halogens is 2. The molecule has 5 nitrogen and oxygen atoms in total. The van der Waals surface area contributed by atoms with E-state index >= 15 is 0 Å². The second kappa shape index (κ2) is 9.12. The molecule has 1 saturated heterocycles. The maximum atomic E-state index is 12.1. The summed E-state index contributed by atoms with van der Waals surface area (Å²) in [5.41, 5.74) is 1.31. The summed E-state index contributed by atoms with van der Waals surface area (Å²) in [6.07, 6.45) is 2.31. The van der Waals surface area contributed by atoms with Crippen LogP contribution < -0.4 is 15.4 Å². The Bertz CT molecular complexity index is 747. The fourth-order valence-electron chi connectivity index (χ4n) is 2.61. The van der Waals surface area contributed by atoms with Gasteiger partial charge in [-0.25, -0.2) is 0 Å². The summed E-state index contributed by atoms with van der Waals surface area (Å²) in [5, 5.41) is 6.84. The van der Waals surface area contributed by atoms with Gasteiger partial charge in [0.15, 0.2) is 0 Å². The van der Waals surface area contributed by atoms with Crippen LogP contribution in [0.15, 0.2) is 42.5 Å². The molecule has 1 unspecified atom stereocenters. The lowest BCUT2D eigenvalue weighted by molar-refractivity contribution is -0.114. The molecule has 1 atom stereocenters. The van der Waals surface area contributed by atoms with Crippen molar-refractivity contribution in [3.8, 4) is 5.75 Å². The first-order valence-electron chi connectivity index (χ1n) is 8.43. The topological polar surface area (TPSA) is 59.6 Å². The highest BCUT2D eigenvalue weighted by molar-refractivity contribution is 6.35. The van der Waals surface area contributed by atoms with Crippen LogP contribution in [0.5, 0.6) is 5.75 Å². The van der Waals surface area contributed by atoms with E-state index in [0.29, 0.717) is 28.0 Å². The van der Waals surface area contributed by atoms with Crippen LogP contribution in [-0.2, 0) is 9.53 Å². The smallest absolute Gasteiger partial charge is 0.243 e. The summed E-state index contributed by atoms with van der Waals surface area (Å²) in [6.45, 7) is 1.45. The number of hydrogen-bond acceptors (Lipinski definition) is 4. The second-order valence-electron chi connectivity index (χ2n) is 6.00. The summed E-state index contributed by atoms with van der Waals surface area (Å²) in [6, 6.07) is 12.3. The van der Waals surface area contributed by atoms with Gasteiger partial charge < -0.3 is 20.1 Å². The minimum Gasteiger partial charge on any atom is -0.491 e. The van der Waals surface area contributed by atoms with Gasteiger partial charge in [-0.2, -0.15) is 0 Å². The van der Waals surface area contributed by atoms with E-state index in [0.717, 1.165) is 25.2 Å². The van der Waals surface area contributed by atoms with E-state index in [1.165, 1.54) is 0 Å². The van der Waals surface area contributed by atoms with Crippen LogP contribution in [0, 0.1) is 0 Å². The van der Waals surface area contributed by atoms with Crippen molar-refractivity contribution in [2.45, 2.75) is 18.9 Å². The van der Waals surface area contributed by atoms with Crippen LogP contribution in [0.3, 0.4) is 0 Å². The lowest BCUT2D eigenvalue weighted by Crippen LogP contribution is -2.21. The van der Waals surface area contributed by atoms with E-state index in [2.05, 4.69) is 10.6 Å². The van der Waals surface area contributed by atoms with Gasteiger partial charge in [0, 0.05) is 17.3 Å². The summed E-state index contributed by atoms with van der Waals surface area (Å²) >= 11 is 12.0. The maximum absolute atomic E-state index is 12.1. The van der Waals surface area contributed by atoms with Crippen LogP contribution in [0.4, 0.5) is 11.4 Å². The van der Waals surface area contributed by atoms with Gasteiger partial charge >= 0.3 is 0 Å². The third-order valence-electron chi connectivity index (χ3n) is 3.97. The molecule has 2 aromatic rings. The van der Waals surface area contributed by atoms with Gasteiger partial charge in [0.25, 0.3) is 0 Å². The van der Waals surface area contributed by atoms with Crippen molar-refractivity contribution in [1.82, 2.24) is 0 Å². The maximum Gasteiger partial charge on any atom is 0.243 e. The molecule has 1 aliphatic rings. The lowest BCUT2D eigenvalue weighted by atomic mass is 10.2. The van der Waals surface area contributed by atoms with Gasteiger partial charge in [0.2, 0.25) is 5.91 Å². The summed E-state index contributed by atoms with van der Waals surface area (Å²) in [7, 11) is 0. The van der Waals surface area contributed by atoms with E-state index in [1.54, 1.807) is 30.3 Å². The molecule has 138 valence electrons. The van der Waals surface area contributed by atoms with Gasteiger partial charge in [0.05, 0.1) is 23.4 Å². The predicted molar refractivity (Wildman–Crippen MR) is 104 cm³/mol. The number of carbonyl (C=O) groups is 1. The zero-order chi connectivity index (χ0) is 18.4. The highest BCUT2D eigenvalue weighted by atomic mass is 35.5. The molecule has 26 heavy (non-hydrogen) atoms. The van der Waals surface area contributed by atoms with Crippen LogP contribution in [0.2, 0.25) is 10.0 Å². The largest absolute Gasteiger partial charge is 0.491 e. The molecule has 1 heterocycles. The number of benzene rings is 2. The third-order valence-corrected chi connectivity index (χ3v) is 4.53. The fraction of sp³-hybridized carbons (Fsp3) is 0.316. The highest BCUT2D eigenvalue weighted by Gasteiger charge is 2.15. The summed E-state index contributed by atoms with van der Waals surface area (Å²) in [4.78, 5) is 12.1. The first kappa shape index (κ1) is 18.8. The minimum absolute atomic E-state index is 0.0807. The monoisotopic (exact) mass is 394 g/mol. The van der Waals surface area contributed by atoms with Gasteiger partial charge in [-0.15, -0.1) is 0 Å². The Labute approximate surface area is 162 Å². The highest BCUT2D eigenvalue weighted by Crippen LogP contribution is 2.25. The Balaban J connectivity index is 1.45. The standard InChI is InChI=1S/C19H20Cl2N2O3/c20-13-3-8-17(21)18(10-13)22-11-19(24)23-14-4-6-15(7-5-14)26-12-16-2-1-9-25-16/h3-8,10,16,22H,1-2,9,11-12H2,(H,23,24). The SMILES string of the molecule is O=C(CNc1cc(Cl)ccc1Cl)Nc1ccc(OCC2CCCO2)cc1.